The molecule has 0 spiro atoms. The van der Waals surface area contributed by atoms with E-state index in [1.54, 1.807) is 0 Å². The standard InChI is InChI=1S/C15H24/c1-5-13(3)15(4,6-2)12-14-10-8-7-9-11-14/h7-11,13H,5-6,12H2,1-4H3. The molecule has 0 amide bonds. The summed E-state index contributed by atoms with van der Waals surface area (Å²) < 4.78 is 0. The molecule has 1 aromatic carbocycles. The lowest BCUT2D eigenvalue weighted by Crippen LogP contribution is -2.26. The van der Waals surface area contributed by atoms with Crippen molar-refractivity contribution < 1.29 is 0 Å². The summed E-state index contributed by atoms with van der Waals surface area (Å²) in [5, 5.41) is 0. The maximum Gasteiger partial charge on any atom is -0.0222 e. The molecule has 0 N–H and O–H groups in total. The Kier molecular flexibility index (Phi) is 4.38. The van der Waals surface area contributed by atoms with Gasteiger partial charge in [0.2, 0.25) is 0 Å². The van der Waals surface area contributed by atoms with Crippen LogP contribution in [-0.4, -0.2) is 0 Å². The minimum absolute atomic E-state index is 0.454. The quantitative estimate of drug-likeness (QED) is 0.652. The Bertz CT molecular complexity index is 275. The van der Waals surface area contributed by atoms with Crippen LogP contribution in [0.3, 0.4) is 0 Å². The zero-order valence-electron chi connectivity index (χ0n) is 10.6. The maximum absolute atomic E-state index is 2.42. The van der Waals surface area contributed by atoms with Crippen molar-refractivity contribution in [3.05, 3.63) is 35.9 Å². The van der Waals surface area contributed by atoms with Crippen molar-refractivity contribution in [2.75, 3.05) is 0 Å². The van der Waals surface area contributed by atoms with E-state index in [0.717, 1.165) is 5.92 Å². The summed E-state index contributed by atoms with van der Waals surface area (Å²) in [6, 6.07) is 10.9. The Balaban J connectivity index is 2.77. The molecule has 0 nitrogen and oxygen atoms in total. The van der Waals surface area contributed by atoms with Crippen LogP contribution in [0.2, 0.25) is 0 Å². The van der Waals surface area contributed by atoms with Gasteiger partial charge in [-0.25, -0.2) is 0 Å². The fraction of sp³-hybridized carbons (Fsp3) is 0.600. The zero-order valence-corrected chi connectivity index (χ0v) is 10.6. The van der Waals surface area contributed by atoms with Crippen molar-refractivity contribution in [2.45, 2.75) is 47.0 Å². The molecule has 0 heteroatoms. The van der Waals surface area contributed by atoms with Crippen molar-refractivity contribution in [1.82, 2.24) is 0 Å². The van der Waals surface area contributed by atoms with E-state index in [4.69, 9.17) is 0 Å². The molecule has 0 bridgehead atoms. The van der Waals surface area contributed by atoms with E-state index < -0.39 is 0 Å². The van der Waals surface area contributed by atoms with Crippen LogP contribution in [0.4, 0.5) is 0 Å². The van der Waals surface area contributed by atoms with Gasteiger partial charge in [-0.05, 0) is 23.3 Å². The fourth-order valence-electron chi connectivity index (χ4n) is 2.20. The van der Waals surface area contributed by atoms with Gasteiger partial charge in [0.15, 0.2) is 0 Å². The summed E-state index contributed by atoms with van der Waals surface area (Å²) in [7, 11) is 0. The SMILES string of the molecule is CCC(C)C(C)(CC)Cc1ccccc1. The van der Waals surface area contributed by atoms with Crippen LogP contribution in [-0.2, 0) is 6.42 Å². The van der Waals surface area contributed by atoms with E-state index in [9.17, 15) is 0 Å². The molecule has 15 heavy (non-hydrogen) atoms. The van der Waals surface area contributed by atoms with Crippen LogP contribution in [0.15, 0.2) is 30.3 Å². The monoisotopic (exact) mass is 204 g/mol. The summed E-state index contributed by atoms with van der Waals surface area (Å²) in [6.45, 7) is 9.42. The Morgan fingerprint density at radius 2 is 1.73 bits per heavy atom. The third kappa shape index (κ3) is 3.09. The summed E-state index contributed by atoms with van der Waals surface area (Å²) in [5.74, 6) is 0.794. The third-order valence-corrected chi connectivity index (χ3v) is 4.06. The molecule has 0 fully saturated rings. The molecule has 1 rings (SSSR count). The molecule has 0 aliphatic heterocycles. The van der Waals surface area contributed by atoms with Gasteiger partial charge in [-0.3, -0.25) is 0 Å². The van der Waals surface area contributed by atoms with E-state index in [2.05, 4.69) is 58.0 Å². The highest BCUT2D eigenvalue weighted by Crippen LogP contribution is 2.36. The molecule has 0 radical (unpaired) electrons. The molecule has 0 aromatic heterocycles. The number of hydrogen-bond donors (Lipinski definition) is 0. The lowest BCUT2D eigenvalue weighted by molar-refractivity contribution is 0.185. The maximum atomic E-state index is 2.42. The molecule has 84 valence electrons. The van der Waals surface area contributed by atoms with Crippen molar-refractivity contribution in [1.29, 1.82) is 0 Å². The van der Waals surface area contributed by atoms with Gasteiger partial charge in [0.25, 0.3) is 0 Å². The number of hydrogen-bond acceptors (Lipinski definition) is 0. The summed E-state index contributed by atoms with van der Waals surface area (Å²) in [5.41, 5.74) is 1.93. The predicted octanol–water partition coefficient (Wildman–Crippen LogP) is 4.69. The van der Waals surface area contributed by atoms with Crippen molar-refractivity contribution in [3.8, 4) is 0 Å². The fourth-order valence-corrected chi connectivity index (χ4v) is 2.20. The van der Waals surface area contributed by atoms with Gasteiger partial charge in [0, 0.05) is 0 Å². The Morgan fingerprint density at radius 3 is 2.20 bits per heavy atom. The van der Waals surface area contributed by atoms with Gasteiger partial charge < -0.3 is 0 Å². The van der Waals surface area contributed by atoms with Gasteiger partial charge in [-0.2, -0.15) is 0 Å². The van der Waals surface area contributed by atoms with E-state index in [-0.39, 0.29) is 0 Å². The largest absolute Gasteiger partial charge is 0.0651 e. The molecule has 2 unspecified atom stereocenters. The van der Waals surface area contributed by atoms with Gasteiger partial charge in [-0.15, -0.1) is 0 Å². The predicted molar refractivity (Wildman–Crippen MR) is 68.0 cm³/mol. The second-order valence-electron chi connectivity index (χ2n) is 4.98. The van der Waals surface area contributed by atoms with Crippen LogP contribution in [0.25, 0.3) is 0 Å². The van der Waals surface area contributed by atoms with Crippen LogP contribution < -0.4 is 0 Å². The number of rotatable bonds is 5. The first-order chi connectivity index (χ1) is 7.12. The molecule has 0 aliphatic carbocycles. The first kappa shape index (κ1) is 12.3. The summed E-state index contributed by atoms with van der Waals surface area (Å²) in [6.07, 6.45) is 3.74. The summed E-state index contributed by atoms with van der Waals surface area (Å²) in [4.78, 5) is 0. The molecule has 0 saturated carbocycles. The van der Waals surface area contributed by atoms with E-state index in [1.807, 2.05) is 0 Å². The van der Waals surface area contributed by atoms with Gasteiger partial charge >= 0.3 is 0 Å². The highest BCUT2D eigenvalue weighted by Gasteiger charge is 2.28. The first-order valence-corrected chi connectivity index (χ1v) is 6.16. The highest BCUT2D eigenvalue weighted by molar-refractivity contribution is 5.16. The van der Waals surface area contributed by atoms with E-state index in [0.29, 0.717) is 5.41 Å². The average molecular weight is 204 g/mol. The van der Waals surface area contributed by atoms with Gasteiger partial charge in [-0.1, -0.05) is 70.9 Å². The zero-order chi connectivity index (χ0) is 11.3. The second kappa shape index (κ2) is 5.34. The number of benzene rings is 1. The van der Waals surface area contributed by atoms with Crippen LogP contribution >= 0.6 is 0 Å². The van der Waals surface area contributed by atoms with E-state index in [1.165, 1.54) is 24.8 Å². The van der Waals surface area contributed by atoms with Crippen LogP contribution in [0.1, 0.15) is 46.1 Å². The average Bonchev–Trinajstić information content (AvgIpc) is 2.29. The van der Waals surface area contributed by atoms with Gasteiger partial charge in [0.05, 0.1) is 0 Å². The van der Waals surface area contributed by atoms with Gasteiger partial charge in [0.1, 0.15) is 0 Å². The molecule has 0 saturated heterocycles. The lowest BCUT2D eigenvalue weighted by atomic mass is 9.71. The molecule has 0 heterocycles. The molecular weight excluding hydrogens is 180 g/mol. The minimum Gasteiger partial charge on any atom is -0.0651 e. The lowest BCUT2D eigenvalue weighted by Gasteiger charge is -2.34. The molecule has 0 aliphatic rings. The normalized spacial score (nSPS) is 17.1. The van der Waals surface area contributed by atoms with Crippen molar-refractivity contribution >= 4 is 0 Å². The Morgan fingerprint density at radius 1 is 1.13 bits per heavy atom. The first-order valence-electron chi connectivity index (χ1n) is 6.16. The molecular formula is C15H24. The second-order valence-corrected chi connectivity index (χ2v) is 4.98. The topological polar surface area (TPSA) is 0 Å². The highest BCUT2D eigenvalue weighted by atomic mass is 14.3. The minimum atomic E-state index is 0.454. The van der Waals surface area contributed by atoms with Crippen molar-refractivity contribution in [2.24, 2.45) is 11.3 Å². The van der Waals surface area contributed by atoms with Crippen molar-refractivity contribution in [3.63, 3.8) is 0 Å². The smallest absolute Gasteiger partial charge is 0.0222 e. The molecule has 2 atom stereocenters. The third-order valence-electron chi connectivity index (χ3n) is 4.06. The molecule has 1 aromatic rings. The summed E-state index contributed by atoms with van der Waals surface area (Å²) >= 11 is 0. The van der Waals surface area contributed by atoms with Crippen LogP contribution in [0.5, 0.6) is 0 Å². The van der Waals surface area contributed by atoms with Crippen LogP contribution in [0, 0.1) is 11.3 Å². The Labute approximate surface area is 94.7 Å². The van der Waals surface area contributed by atoms with E-state index >= 15 is 0 Å². The Hall–Kier alpha value is -0.780.